The number of hydrogen-bond donors (Lipinski definition) is 1. The monoisotopic (exact) mass is 459 g/mol. The lowest BCUT2D eigenvalue weighted by molar-refractivity contribution is -0.119. The quantitative estimate of drug-likeness (QED) is 0.408. The van der Waals surface area contributed by atoms with Crippen LogP contribution in [0, 0.1) is 0 Å². The van der Waals surface area contributed by atoms with Crippen LogP contribution in [-0.4, -0.2) is 27.6 Å². The van der Waals surface area contributed by atoms with E-state index in [9.17, 15) is 9.59 Å². The van der Waals surface area contributed by atoms with Crippen molar-refractivity contribution in [1.29, 1.82) is 0 Å². The number of hydrogen-bond acceptors (Lipinski definition) is 6. The van der Waals surface area contributed by atoms with Crippen molar-refractivity contribution in [2.75, 3.05) is 5.75 Å². The summed E-state index contributed by atoms with van der Waals surface area (Å²) >= 11 is 4.59. The summed E-state index contributed by atoms with van der Waals surface area (Å²) in [6, 6.07) is 14.6. The third-order valence-electron chi connectivity index (χ3n) is 3.98. The summed E-state index contributed by atoms with van der Waals surface area (Å²) in [7, 11) is 0. The summed E-state index contributed by atoms with van der Waals surface area (Å²) in [4.78, 5) is 23.5. The Morgan fingerprint density at radius 1 is 1.11 bits per heavy atom. The number of nitrogens with zero attached hydrogens (tertiary/aromatic N) is 2. The summed E-state index contributed by atoms with van der Waals surface area (Å²) in [5.74, 6) is 0.486. The average molecular weight is 460 g/mol. The number of nitrogens with one attached hydrogen (secondary N) is 1. The molecule has 0 spiro atoms. The molecule has 1 aromatic heterocycles. The van der Waals surface area contributed by atoms with Gasteiger partial charge in [-0.1, -0.05) is 52.0 Å². The molecule has 28 heavy (non-hydrogen) atoms. The lowest BCUT2D eigenvalue weighted by atomic mass is 10.0. The molecule has 3 aromatic rings. The molecule has 0 bridgehead atoms. The van der Waals surface area contributed by atoms with Gasteiger partial charge in [-0.25, -0.2) is 0 Å². The molecule has 0 aliphatic heterocycles. The van der Waals surface area contributed by atoms with E-state index in [2.05, 4.69) is 31.4 Å². The third-order valence-corrected chi connectivity index (χ3v) is 5.32. The normalized spacial score (nSPS) is 11.8. The molecule has 0 saturated carbocycles. The van der Waals surface area contributed by atoms with Crippen molar-refractivity contribution in [2.45, 2.75) is 25.1 Å². The molecule has 8 heteroatoms. The fourth-order valence-electron chi connectivity index (χ4n) is 2.53. The number of rotatable bonds is 7. The smallest absolute Gasteiger partial charge is 0.277 e. The zero-order valence-corrected chi connectivity index (χ0v) is 17.7. The van der Waals surface area contributed by atoms with E-state index >= 15 is 0 Å². The highest BCUT2D eigenvalue weighted by molar-refractivity contribution is 9.10. The van der Waals surface area contributed by atoms with Crippen molar-refractivity contribution in [3.8, 4) is 11.5 Å². The number of amides is 1. The van der Waals surface area contributed by atoms with E-state index in [1.54, 1.807) is 12.1 Å². The molecule has 6 nitrogen and oxygen atoms in total. The van der Waals surface area contributed by atoms with Crippen LogP contribution in [0.15, 0.2) is 62.6 Å². The lowest BCUT2D eigenvalue weighted by Crippen LogP contribution is -2.23. The number of carbonyl (C=O) groups excluding carboxylic acids is 2. The Morgan fingerprint density at radius 2 is 1.79 bits per heavy atom. The van der Waals surface area contributed by atoms with Gasteiger partial charge in [0.25, 0.3) is 5.22 Å². The summed E-state index contributed by atoms with van der Waals surface area (Å²) in [6.45, 7) is 3.37. The molecule has 3 rings (SSSR count). The first kappa shape index (κ1) is 20.3. The highest BCUT2D eigenvalue weighted by Gasteiger charge is 2.13. The van der Waals surface area contributed by atoms with Gasteiger partial charge in [-0.2, -0.15) is 0 Å². The van der Waals surface area contributed by atoms with Crippen LogP contribution in [0.4, 0.5) is 0 Å². The molecule has 0 fully saturated rings. The molecule has 0 saturated heterocycles. The minimum atomic E-state index is -0.105. The van der Waals surface area contributed by atoms with Crippen molar-refractivity contribution in [2.24, 2.45) is 0 Å². The largest absolute Gasteiger partial charge is 0.411 e. The second-order valence-corrected chi connectivity index (χ2v) is 7.98. The van der Waals surface area contributed by atoms with E-state index in [-0.39, 0.29) is 23.5 Å². The third kappa shape index (κ3) is 5.30. The Morgan fingerprint density at radius 3 is 2.43 bits per heavy atom. The lowest BCUT2D eigenvalue weighted by Gasteiger charge is -2.13. The summed E-state index contributed by atoms with van der Waals surface area (Å²) in [5, 5.41) is 11.2. The number of aromatic nitrogens is 2. The van der Waals surface area contributed by atoms with Crippen LogP contribution in [0.2, 0.25) is 0 Å². The summed E-state index contributed by atoms with van der Waals surface area (Å²) in [5.41, 5.74) is 2.35. The number of carbonyl (C=O) groups is 2. The molecule has 1 atom stereocenters. The molecular weight excluding hydrogens is 442 g/mol. The van der Waals surface area contributed by atoms with Gasteiger partial charge in [-0.15, -0.1) is 10.2 Å². The first-order valence-electron chi connectivity index (χ1n) is 8.55. The Hall–Kier alpha value is -2.45. The number of Topliss-reactive ketones (excluding diaryl/α,β-unsaturated/α-hetero) is 1. The van der Waals surface area contributed by atoms with Crippen molar-refractivity contribution in [3.63, 3.8) is 0 Å². The van der Waals surface area contributed by atoms with E-state index in [0.29, 0.717) is 16.7 Å². The van der Waals surface area contributed by atoms with E-state index < -0.39 is 0 Å². The molecule has 2 aromatic carbocycles. The molecule has 1 amide bonds. The molecule has 1 N–H and O–H groups in total. The molecule has 1 unspecified atom stereocenters. The first-order valence-corrected chi connectivity index (χ1v) is 10.3. The van der Waals surface area contributed by atoms with Crippen LogP contribution >= 0.6 is 27.7 Å². The molecule has 1 heterocycles. The predicted molar refractivity (Wildman–Crippen MR) is 111 cm³/mol. The Balaban J connectivity index is 1.58. The zero-order valence-electron chi connectivity index (χ0n) is 15.3. The van der Waals surface area contributed by atoms with E-state index in [0.717, 1.165) is 15.6 Å². The highest BCUT2D eigenvalue weighted by Crippen LogP contribution is 2.25. The van der Waals surface area contributed by atoms with Gasteiger partial charge in [0.15, 0.2) is 5.78 Å². The summed E-state index contributed by atoms with van der Waals surface area (Å²) in [6.07, 6.45) is 0. The second kappa shape index (κ2) is 9.16. The van der Waals surface area contributed by atoms with Gasteiger partial charge >= 0.3 is 0 Å². The SMILES string of the molecule is CC(=O)NC(C)c1ccc(C(=O)CSc2nnc(-c3ccc(Br)cc3)o2)cc1. The molecular formula is C20H18BrN3O3S. The van der Waals surface area contributed by atoms with Crippen LogP contribution in [-0.2, 0) is 4.79 Å². The molecule has 144 valence electrons. The first-order chi connectivity index (χ1) is 13.4. The fraction of sp³-hybridized carbons (Fsp3) is 0.200. The van der Waals surface area contributed by atoms with Crippen molar-refractivity contribution in [3.05, 3.63) is 64.1 Å². The zero-order chi connectivity index (χ0) is 20.1. The van der Waals surface area contributed by atoms with Gasteiger partial charge in [0.05, 0.1) is 11.8 Å². The predicted octanol–water partition coefficient (Wildman–Crippen LogP) is 4.67. The summed E-state index contributed by atoms with van der Waals surface area (Å²) < 4.78 is 6.58. The minimum Gasteiger partial charge on any atom is -0.411 e. The number of thioether (sulfide) groups is 1. The number of benzene rings is 2. The minimum absolute atomic E-state index is 0.0351. The second-order valence-electron chi connectivity index (χ2n) is 6.14. The van der Waals surface area contributed by atoms with E-state index in [1.807, 2.05) is 43.3 Å². The van der Waals surface area contributed by atoms with Gasteiger partial charge in [-0.3, -0.25) is 9.59 Å². The van der Waals surface area contributed by atoms with Gasteiger partial charge in [0.1, 0.15) is 0 Å². The van der Waals surface area contributed by atoms with Crippen LogP contribution in [0.25, 0.3) is 11.5 Å². The Kier molecular flexibility index (Phi) is 6.64. The number of halogens is 1. The van der Waals surface area contributed by atoms with Crippen LogP contribution in [0.1, 0.15) is 35.8 Å². The highest BCUT2D eigenvalue weighted by atomic mass is 79.9. The maximum absolute atomic E-state index is 12.4. The van der Waals surface area contributed by atoms with Crippen molar-refractivity contribution >= 4 is 39.4 Å². The van der Waals surface area contributed by atoms with Gasteiger partial charge in [-0.05, 0) is 36.8 Å². The van der Waals surface area contributed by atoms with E-state index in [4.69, 9.17) is 4.42 Å². The van der Waals surface area contributed by atoms with Crippen molar-refractivity contribution in [1.82, 2.24) is 15.5 Å². The molecule has 0 aliphatic carbocycles. The standard InChI is InChI=1S/C20H18BrN3O3S/c1-12(22-13(2)25)14-3-5-15(6-4-14)18(26)11-28-20-24-23-19(27-20)16-7-9-17(21)10-8-16/h3-10,12H,11H2,1-2H3,(H,22,25). The van der Waals surface area contributed by atoms with Gasteiger partial charge in [0, 0.05) is 22.5 Å². The average Bonchev–Trinajstić information content (AvgIpc) is 3.15. The maximum atomic E-state index is 12.4. The maximum Gasteiger partial charge on any atom is 0.277 e. The Labute approximate surface area is 175 Å². The topological polar surface area (TPSA) is 85.1 Å². The number of ketones is 1. The molecule has 0 radical (unpaired) electrons. The van der Waals surface area contributed by atoms with Gasteiger partial charge < -0.3 is 9.73 Å². The van der Waals surface area contributed by atoms with E-state index in [1.165, 1.54) is 18.7 Å². The molecule has 0 aliphatic rings. The fourth-order valence-corrected chi connectivity index (χ4v) is 3.46. The Bertz CT molecular complexity index is 971. The van der Waals surface area contributed by atoms with Crippen LogP contribution in [0.3, 0.4) is 0 Å². The van der Waals surface area contributed by atoms with Crippen LogP contribution in [0.5, 0.6) is 0 Å². The van der Waals surface area contributed by atoms with Gasteiger partial charge in [0.2, 0.25) is 11.8 Å². The van der Waals surface area contributed by atoms with Crippen LogP contribution < -0.4 is 5.32 Å². The van der Waals surface area contributed by atoms with Crippen molar-refractivity contribution < 1.29 is 14.0 Å².